The molecule has 5 heteroatoms. The van der Waals surface area contributed by atoms with Crippen LogP contribution in [0.25, 0.3) is 0 Å². The highest BCUT2D eigenvalue weighted by molar-refractivity contribution is 5.81. The van der Waals surface area contributed by atoms with Gasteiger partial charge in [-0.05, 0) is 36.5 Å². The van der Waals surface area contributed by atoms with Crippen LogP contribution < -0.4 is 10.2 Å². The largest absolute Gasteiger partial charge is 0.365 e. The molecule has 1 saturated heterocycles. The van der Waals surface area contributed by atoms with Gasteiger partial charge in [0.1, 0.15) is 0 Å². The standard InChI is InChI=1S/C19H29N3O2/c1-15(2)16-7-4-8-17(13-16)21(3)14-18(23)20-10-6-12-22-11-5-9-19(22)24/h4,7-8,13,15H,5-6,9-12,14H2,1-3H3,(H,20,23). The van der Waals surface area contributed by atoms with Gasteiger partial charge in [0.25, 0.3) is 0 Å². The zero-order valence-corrected chi connectivity index (χ0v) is 15.0. The van der Waals surface area contributed by atoms with Gasteiger partial charge in [-0.15, -0.1) is 0 Å². The smallest absolute Gasteiger partial charge is 0.239 e. The van der Waals surface area contributed by atoms with E-state index in [2.05, 4.69) is 31.3 Å². The lowest BCUT2D eigenvalue weighted by Gasteiger charge is -2.20. The molecule has 1 fully saturated rings. The summed E-state index contributed by atoms with van der Waals surface area (Å²) in [6.07, 6.45) is 2.45. The van der Waals surface area contributed by atoms with Gasteiger partial charge in [0.15, 0.2) is 0 Å². The van der Waals surface area contributed by atoms with E-state index in [9.17, 15) is 9.59 Å². The molecule has 0 bridgehead atoms. The summed E-state index contributed by atoms with van der Waals surface area (Å²) >= 11 is 0. The molecule has 1 aliphatic rings. The number of anilines is 1. The third-order valence-corrected chi connectivity index (χ3v) is 4.46. The van der Waals surface area contributed by atoms with Gasteiger partial charge in [-0.25, -0.2) is 0 Å². The van der Waals surface area contributed by atoms with Crippen LogP contribution in [0, 0.1) is 0 Å². The van der Waals surface area contributed by atoms with E-state index in [1.165, 1.54) is 5.56 Å². The third kappa shape index (κ3) is 5.25. The van der Waals surface area contributed by atoms with Crippen molar-refractivity contribution in [2.45, 2.75) is 39.0 Å². The summed E-state index contributed by atoms with van der Waals surface area (Å²) in [5.74, 6) is 0.728. The molecule has 1 N–H and O–H groups in total. The molecule has 0 radical (unpaired) electrons. The van der Waals surface area contributed by atoms with Crippen LogP contribution in [0.1, 0.15) is 44.6 Å². The number of carbonyl (C=O) groups is 2. The topological polar surface area (TPSA) is 52.7 Å². The van der Waals surface area contributed by atoms with Gasteiger partial charge in [0.05, 0.1) is 6.54 Å². The molecule has 0 spiro atoms. The van der Waals surface area contributed by atoms with E-state index in [1.807, 2.05) is 29.0 Å². The van der Waals surface area contributed by atoms with Gasteiger partial charge in [-0.3, -0.25) is 9.59 Å². The molecule has 2 amide bonds. The second kappa shape index (κ2) is 8.71. The van der Waals surface area contributed by atoms with Gasteiger partial charge in [0, 0.05) is 38.8 Å². The molecule has 1 aromatic rings. The minimum absolute atomic E-state index is 0.0141. The fourth-order valence-electron chi connectivity index (χ4n) is 2.92. The van der Waals surface area contributed by atoms with Gasteiger partial charge < -0.3 is 15.1 Å². The van der Waals surface area contributed by atoms with Crippen molar-refractivity contribution in [2.24, 2.45) is 0 Å². The van der Waals surface area contributed by atoms with Crippen molar-refractivity contribution in [3.63, 3.8) is 0 Å². The van der Waals surface area contributed by atoms with Gasteiger partial charge in [-0.1, -0.05) is 26.0 Å². The van der Waals surface area contributed by atoms with Crippen LogP contribution in [-0.4, -0.2) is 49.9 Å². The number of hydrogen-bond acceptors (Lipinski definition) is 3. The highest BCUT2D eigenvalue weighted by Gasteiger charge is 2.19. The first-order valence-electron chi connectivity index (χ1n) is 8.83. The predicted octanol–water partition coefficient (Wildman–Crippen LogP) is 2.37. The number of rotatable bonds is 8. The Labute approximate surface area is 145 Å². The molecule has 1 aliphatic heterocycles. The predicted molar refractivity (Wildman–Crippen MR) is 97.2 cm³/mol. The summed E-state index contributed by atoms with van der Waals surface area (Å²) in [5, 5.41) is 2.94. The van der Waals surface area contributed by atoms with Gasteiger partial charge in [0.2, 0.25) is 11.8 Å². The van der Waals surface area contributed by atoms with Gasteiger partial charge >= 0.3 is 0 Å². The number of benzene rings is 1. The molecular weight excluding hydrogens is 302 g/mol. The first-order valence-corrected chi connectivity index (χ1v) is 8.83. The minimum Gasteiger partial charge on any atom is -0.365 e. The molecule has 5 nitrogen and oxygen atoms in total. The van der Waals surface area contributed by atoms with Crippen LogP contribution in [0.3, 0.4) is 0 Å². The lowest BCUT2D eigenvalue weighted by atomic mass is 10.0. The quantitative estimate of drug-likeness (QED) is 0.744. The Kier molecular flexibility index (Phi) is 6.64. The summed E-state index contributed by atoms with van der Waals surface area (Å²) in [6, 6.07) is 8.31. The van der Waals surface area contributed by atoms with Crippen LogP contribution in [0.4, 0.5) is 5.69 Å². The molecule has 132 valence electrons. The third-order valence-electron chi connectivity index (χ3n) is 4.46. The summed E-state index contributed by atoms with van der Waals surface area (Å²) in [7, 11) is 1.93. The van der Waals surface area contributed by atoms with Crippen LogP contribution in [0.15, 0.2) is 24.3 Å². The zero-order valence-electron chi connectivity index (χ0n) is 15.0. The van der Waals surface area contributed by atoms with Crippen molar-refractivity contribution in [3.05, 3.63) is 29.8 Å². The minimum atomic E-state index is 0.0141. The number of likely N-dealkylation sites (N-methyl/N-ethyl adjacent to an activating group) is 1. The van der Waals surface area contributed by atoms with E-state index in [0.29, 0.717) is 25.4 Å². The average Bonchev–Trinajstić information content (AvgIpc) is 2.96. The molecule has 0 atom stereocenters. The summed E-state index contributed by atoms with van der Waals surface area (Å²) < 4.78 is 0. The normalized spacial score (nSPS) is 14.3. The van der Waals surface area contributed by atoms with Crippen molar-refractivity contribution in [1.82, 2.24) is 10.2 Å². The Hall–Kier alpha value is -2.04. The molecule has 0 aliphatic carbocycles. The fraction of sp³-hybridized carbons (Fsp3) is 0.579. The monoisotopic (exact) mass is 331 g/mol. The van der Waals surface area contributed by atoms with Crippen LogP contribution >= 0.6 is 0 Å². The van der Waals surface area contributed by atoms with Crippen molar-refractivity contribution in [3.8, 4) is 0 Å². The van der Waals surface area contributed by atoms with Crippen molar-refractivity contribution >= 4 is 17.5 Å². The second-order valence-electron chi connectivity index (χ2n) is 6.79. The Morgan fingerprint density at radius 1 is 1.38 bits per heavy atom. The average molecular weight is 331 g/mol. The number of carbonyl (C=O) groups excluding carboxylic acids is 2. The molecule has 0 aromatic heterocycles. The second-order valence-corrected chi connectivity index (χ2v) is 6.79. The lowest BCUT2D eigenvalue weighted by Crippen LogP contribution is -2.37. The van der Waals surface area contributed by atoms with E-state index in [1.54, 1.807) is 0 Å². The van der Waals surface area contributed by atoms with Crippen LogP contribution in [0.2, 0.25) is 0 Å². The first-order chi connectivity index (χ1) is 11.5. The van der Waals surface area contributed by atoms with Crippen molar-refractivity contribution in [2.75, 3.05) is 38.1 Å². The summed E-state index contributed by atoms with van der Waals surface area (Å²) in [6.45, 7) is 6.88. The number of likely N-dealkylation sites (tertiary alicyclic amines) is 1. The number of hydrogen-bond donors (Lipinski definition) is 1. The molecular formula is C19H29N3O2. The van der Waals surface area contributed by atoms with E-state index in [4.69, 9.17) is 0 Å². The lowest BCUT2D eigenvalue weighted by molar-refractivity contribution is -0.127. The number of nitrogens with one attached hydrogen (secondary N) is 1. The van der Waals surface area contributed by atoms with Crippen LogP contribution in [-0.2, 0) is 9.59 Å². The molecule has 0 saturated carbocycles. The molecule has 2 rings (SSSR count). The maximum atomic E-state index is 12.1. The Bertz CT molecular complexity index is 571. The Morgan fingerprint density at radius 2 is 2.17 bits per heavy atom. The number of nitrogens with zero attached hydrogens (tertiary/aromatic N) is 2. The van der Waals surface area contributed by atoms with Crippen molar-refractivity contribution < 1.29 is 9.59 Å². The first kappa shape index (κ1) is 18.3. The SMILES string of the molecule is CC(C)c1cccc(N(C)CC(=O)NCCCN2CCCC2=O)c1. The maximum Gasteiger partial charge on any atom is 0.239 e. The molecule has 24 heavy (non-hydrogen) atoms. The highest BCUT2D eigenvalue weighted by Crippen LogP contribution is 2.20. The van der Waals surface area contributed by atoms with Crippen molar-refractivity contribution in [1.29, 1.82) is 0 Å². The molecule has 0 unspecified atom stereocenters. The molecule has 1 heterocycles. The maximum absolute atomic E-state index is 12.1. The van der Waals surface area contributed by atoms with Crippen LogP contribution in [0.5, 0.6) is 0 Å². The van der Waals surface area contributed by atoms with E-state index in [0.717, 1.165) is 31.6 Å². The number of amides is 2. The van der Waals surface area contributed by atoms with E-state index >= 15 is 0 Å². The Morgan fingerprint density at radius 3 is 2.83 bits per heavy atom. The Balaban J connectivity index is 1.71. The zero-order chi connectivity index (χ0) is 17.5. The highest BCUT2D eigenvalue weighted by atomic mass is 16.2. The van der Waals surface area contributed by atoms with E-state index in [-0.39, 0.29) is 11.8 Å². The molecule has 1 aromatic carbocycles. The van der Waals surface area contributed by atoms with E-state index < -0.39 is 0 Å². The van der Waals surface area contributed by atoms with Gasteiger partial charge in [-0.2, -0.15) is 0 Å². The summed E-state index contributed by atoms with van der Waals surface area (Å²) in [5.41, 5.74) is 2.33. The summed E-state index contributed by atoms with van der Waals surface area (Å²) in [4.78, 5) is 27.4. The fourth-order valence-corrected chi connectivity index (χ4v) is 2.92.